The van der Waals surface area contributed by atoms with Gasteiger partial charge in [0.1, 0.15) is 0 Å². The summed E-state index contributed by atoms with van der Waals surface area (Å²) in [6, 6.07) is 13.8. The number of aryl methyl sites for hydroxylation is 1. The number of nitrogens with zero attached hydrogens (tertiary/aromatic N) is 1. The van der Waals surface area contributed by atoms with E-state index in [0.29, 0.717) is 17.4 Å². The quantitative estimate of drug-likeness (QED) is 0.797. The molecule has 116 valence electrons. The Morgan fingerprint density at radius 3 is 2.48 bits per heavy atom. The van der Waals surface area contributed by atoms with Gasteiger partial charge < -0.3 is 9.67 Å². The van der Waals surface area contributed by atoms with Crippen LogP contribution in [0.5, 0.6) is 0 Å². The minimum atomic E-state index is -1.05. The summed E-state index contributed by atoms with van der Waals surface area (Å²) in [5.74, 6) is -1.05. The van der Waals surface area contributed by atoms with Gasteiger partial charge in [0, 0.05) is 11.5 Å². The fourth-order valence-corrected chi connectivity index (χ4v) is 2.88. The van der Waals surface area contributed by atoms with Crippen molar-refractivity contribution in [3.8, 4) is 0 Å². The SMILES string of the molecule is Cc1ccc(Cn2c(=O)ccc3cc(C(=O)O)cc(Cl)c32)cc1. The van der Waals surface area contributed by atoms with Crippen molar-refractivity contribution in [3.63, 3.8) is 0 Å². The first-order chi connectivity index (χ1) is 11.0. The van der Waals surface area contributed by atoms with Gasteiger partial charge in [-0.25, -0.2) is 4.79 Å². The Bertz CT molecular complexity index is 958. The highest BCUT2D eigenvalue weighted by molar-refractivity contribution is 6.35. The summed E-state index contributed by atoms with van der Waals surface area (Å²) in [4.78, 5) is 23.4. The van der Waals surface area contributed by atoms with E-state index in [-0.39, 0.29) is 16.1 Å². The summed E-state index contributed by atoms with van der Waals surface area (Å²) in [6.07, 6.45) is 0. The highest BCUT2D eigenvalue weighted by Crippen LogP contribution is 2.25. The molecular weight excluding hydrogens is 314 g/mol. The third kappa shape index (κ3) is 2.98. The summed E-state index contributed by atoms with van der Waals surface area (Å²) >= 11 is 6.25. The maximum Gasteiger partial charge on any atom is 0.335 e. The van der Waals surface area contributed by atoms with E-state index in [1.165, 1.54) is 18.2 Å². The second-order valence-electron chi connectivity index (χ2n) is 5.44. The number of carboxylic acids is 1. The van der Waals surface area contributed by atoms with Gasteiger partial charge in [-0.3, -0.25) is 4.79 Å². The Balaban J connectivity index is 2.19. The molecule has 3 aromatic rings. The Morgan fingerprint density at radius 2 is 1.83 bits per heavy atom. The molecule has 1 N–H and O–H groups in total. The zero-order chi connectivity index (χ0) is 16.6. The largest absolute Gasteiger partial charge is 0.478 e. The predicted octanol–water partition coefficient (Wildman–Crippen LogP) is 3.71. The highest BCUT2D eigenvalue weighted by Gasteiger charge is 2.12. The normalized spacial score (nSPS) is 10.9. The highest BCUT2D eigenvalue weighted by atomic mass is 35.5. The second-order valence-corrected chi connectivity index (χ2v) is 5.85. The van der Waals surface area contributed by atoms with Gasteiger partial charge in [0.15, 0.2) is 0 Å². The number of hydrogen-bond acceptors (Lipinski definition) is 2. The molecule has 23 heavy (non-hydrogen) atoms. The number of aromatic nitrogens is 1. The molecule has 1 aromatic heterocycles. The predicted molar refractivity (Wildman–Crippen MR) is 90.5 cm³/mol. The van der Waals surface area contributed by atoms with Crippen molar-refractivity contribution in [1.82, 2.24) is 4.57 Å². The van der Waals surface area contributed by atoms with E-state index >= 15 is 0 Å². The first-order valence-electron chi connectivity index (χ1n) is 7.07. The van der Waals surface area contributed by atoms with E-state index in [1.807, 2.05) is 31.2 Å². The molecule has 0 aliphatic rings. The van der Waals surface area contributed by atoms with Crippen molar-refractivity contribution in [2.24, 2.45) is 0 Å². The van der Waals surface area contributed by atoms with Crippen LogP contribution in [0.4, 0.5) is 0 Å². The Morgan fingerprint density at radius 1 is 1.13 bits per heavy atom. The van der Waals surface area contributed by atoms with Crippen LogP contribution in [0.25, 0.3) is 10.9 Å². The van der Waals surface area contributed by atoms with Gasteiger partial charge in [0.25, 0.3) is 5.56 Å². The summed E-state index contributed by atoms with van der Waals surface area (Å²) in [6.45, 7) is 2.38. The molecule has 0 spiro atoms. The first-order valence-corrected chi connectivity index (χ1v) is 7.45. The third-order valence-corrected chi connectivity index (χ3v) is 4.03. The van der Waals surface area contributed by atoms with Crippen molar-refractivity contribution < 1.29 is 9.90 Å². The number of rotatable bonds is 3. The molecule has 0 saturated carbocycles. The van der Waals surface area contributed by atoms with Crippen molar-refractivity contribution in [3.05, 3.63) is 80.6 Å². The van der Waals surface area contributed by atoms with Crippen LogP contribution in [0.1, 0.15) is 21.5 Å². The molecule has 0 aliphatic carbocycles. The number of carboxylic acid groups (broad SMARTS) is 1. The van der Waals surface area contributed by atoms with E-state index < -0.39 is 5.97 Å². The Labute approximate surface area is 137 Å². The maximum atomic E-state index is 12.3. The zero-order valence-corrected chi connectivity index (χ0v) is 13.2. The number of pyridine rings is 1. The van der Waals surface area contributed by atoms with Crippen LogP contribution < -0.4 is 5.56 Å². The van der Waals surface area contributed by atoms with Crippen LogP contribution >= 0.6 is 11.6 Å². The van der Waals surface area contributed by atoms with Crippen LogP contribution in [0, 0.1) is 6.92 Å². The number of benzene rings is 2. The molecule has 5 heteroatoms. The van der Waals surface area contributed by atoms with Gasteiger partial charge in [-0.2, -0.15) is 0 Å². The fourth-order valence-electron chi connectivity index (χ4n) is 2.55. The van der Waals surface area contributed by atoms with E-state index in [0.717, 1.165) is 11.1 Å². The average Bonchev–Trinajstić information content (AvgIpc) is 2.51. The van der Waals surface area contributed by atoms with E-state index in [2.05, 4.69) is 0 Å². The first kappa shape index (κ1) is 15.3. The fraction of sp³-hybridized carbons (Fsp3) is 0.111. The molecule has 0 fully saturated rings. The third-order valence-electron chi connectivity index (χ3n) is 3.74. The molecule has 3 rings (SSSR count). The molecular formula is C18H14ClNO3. The van der Waals surface area contributed by atoms with Crippen molar-refractivity contribution >= 4 is 28.5 Å². The molecule has 0 unspecified atom stereocenters. The van der Waals surface area contributed by atoms with Crippen LogP contribution in [0.15, 0.2) is 53.3 Å². The number of halogens is 1. The van der Waals surface area contributed by atoms with E-state index in [4.69, 9.17) is 16.7 Å². The van der Waals surface area contributed by atoms with E-state index in [9.17, 15) is 9.59 Å². The van der Waals surface area contributed by atoms with Crippen LogP contribution in [0.3, 0.4) is 0 Å². The maximum absolute atomic E-state index is 12.3. The number of hydrogen-bond donors (Lipinski definition) is 1. The topological polar surface area (TPSA) is 59.3 Å². The van der Waals surface area contributed by atoms with E-state index in [1.54, 1.807) is 10.6 Å². The molecule has 0 atom stereocenters. The molecule has 0 saturated heterocycles. The Hall–Kier alpha value is -2.59. The van der Waals surface area contributed by atoms with Gasteiger partial charge in [-0.15, -0.1) is 0 Å². The molecule has 0 aliphatic heterocycles. The van der Waals surface area contributed by atoms with Gasteiger partial charge in [-0.05, 0) is 30.7 Å². The van der Waals surface area contributed by atoms with Gasteiger partial charge in [0.2, 0.25) is 0 Å². The summed E-state index contributed by atoms with van der Waals surface area (Å²) in [7, 11) is 0. The monoisotopic (exact) mass is 327 g/mol. The molecule has 0 amide bonds. The molecule has 0 bridgehead atoms. The summed E-state index contributed by atoms with van der Waals surface area (Å²) < 4.78 is 1.56. The minimum absolute atomic E-state index is 0.100. The van der Waals surface area contributed by atoms with Gasteiger partial charge in [-0.1, -0.05) is 41.4 Å². The van der Waals surface area contributed by atoms with Gasteiger partial charge >= 0.3 is 5.97 Å². The molecule has 4 nitrogen and oxygen atoms in total. The molecule has 1 heterocycles. The van der Waals surface area contributed by atoms with Crippen molar-refractivity contribution in [2.75, 3.05) is 0 Å². The van der Waals surface area contributed by atoms with Gasteiger partial charge in [0.05, 0.1) is 22.6 Å². The number of fused-ring (bicyclic) bond motifs is 1. The average molecular weight is 328 g/mol. The molecule has 0 radical (unpaired) electrons. The number of carbonyl (C=O) groups is 1. The lowest BCUT2D eigenvalue weighted by Gasteiger charge is -2.12. The van der Waals surface area contributed by atoms with Crippen LogP contribution in [-0.2, 0) is 6.54 Å². The zero-order valence-electron chi connectivity index (χ0n) is 12.4. The summed E-state index contributed by atoms with van der Waals surface area (Å²) in [5, 5.41) is 10.0. The summed E-state index contributed by atoms with van der Waals surface area (Å²) in [5.41, 5.74) is 2.59. The lowest BCUT2D eigenvalue weighted by atomic mass is 10.1. The van der Waals surface area contributed by atoms with Crippen molar-refractivity contribution in [2.45, 2.75) is 13.5 Å². The number of aromatic carboxylic acids is 1. The standard InChI is InChI=1S/C18H14ClNO3/c1-11-2-4-12(5-3-11)10-20-16(21)7-6-13-8-14(18(22)23)9-15(19)17(13)20/h2-9H,10H2,1H3,(H,22,23). The smallest absolute Gasteiger partial charge is 0.335 e. The Kier molecular flexibility index (Phi) is 3.92. The lowest BCUT2D eigenvalue weighted by Crippen LogP contribution is -2.20. The second kappa shape index (κ2) is 5.89. The lowest BCUT2D eigenvalue weighted by molar-refractivity contribution is 0.0697. The minimum Gasteiger partial charge on any atom is -0.478 e. The van der Waals surface area contributed by atoms with Crippen LogP contribution in [-0.4, -0.2) is 15.6 Å². The van der Waals surface area contributed by atoms with Crippen LogP contribution in [0.2, 0.25) is 5.02 Å². The van der Waals surface area contributed by atoms with Crippen molar-refractivity contribution in [1.29, 1.82) is 0 Å². The molecule has 2 aromatic carbocycles.